The van der Waals surface area contributed by atoms with Crippen LogP contribution in [0.2, 0.25) is 0 Å². The van der Waals surface area contributed by atoms with Gasteiger partial charge < -0.3 is 9.80 Å². The van der Waals surface area contributed by atoms with Gasteiger partial charge in [0.2, 0.25) is 0 Å². The third-order valence-corrected chi connectivity index (χ3v) is 5.81. The fraction of sp³-hybridized carbons (Fsp3) is 0.450. The number of hydrogen-bond donors (Lipinski definition) is 0. The Hall–Kier alpha value is -1.65. The molecule has 1 aliphatic rings. The second kappa shape index (κ2) is 7.49. The Kier molecular flexibility index (Phi) is 5.36. The van der Waals surface area contributed by atoms with Crippen molar-refractivity contribution >= 4 is 17.2 Å². The number of aryl methyl sites for hydroxylation is 1. The first-order chi connectivity index (χ1) is 11.5. The van der Waals surface area contributed by atoms with Gasteiger partial charge in [0.05, 0.1) is 0 Å². The van der Waals surface area contributed by atoms with Gasteiger partial charge in [-0.3, -0.25) is 4.79 Å². The molecular weight excluding hydrogens is 316 g/mol. The van der Waals surface area contributed by atoms with E-state index in [-0.39, 0.29) is 5.91 Å². The molecule has 1 amide bonds. The van der Waals surface area contributed by atoms with E-state index in [9.17, 15) is 4.79 Å². The molecule has 1 saturated heterocycles. The first-order valence-corrected chi connectivity index (χ1v) is 9.54. The Balaban J connectivity index is 1.65. The molecule has 1 aromatic carbocycles. The van der Waals surface area contributed by atoms with Crippen LogP contribution in [0.3, 0.4) is 0 Å². The van der Waals surface area contributed by atoms with Crippen LogP contribution in [-0.2, 0) is 0 Å². The van der Waals surface area contributed by atoms with Gasteiger partial charge in [-0.15, -0.1) is 11.3 Å². The largest absolute Gasteiger partial charge is 0.340 e. The zero-order chi connectivity index (χ0) is 17.1. The molecule has 2 heterocycles. The molecule has 0 unspecified atom stereocenters. The van der Waals surface area contributed by atoms with Crippen molar-refractivity contribution < 1.29 is 4.79 Å². The van der Waals surface area contributed by atoms with E-state index in [0.29, 0.717) is 6.04 Å². The zero-order valence-corrected chi connectivity index (χ0v) is 15.6. The van der Waals surface area contributed by atoms with Gasteiger partial charge in [-0.2, -0.15) is 0 Å². The summed E-state index contributed by atoms with van der Waals surface area (Å²) in [6.45, 7) is 4.06. The number of thiophene rings is 1. The van der Waals surface area contributed by atoms with E-state index in [0.717, 1.165) is 18.7 Å². The smallest absolute Gasteiger partial charge is 0.253 e. The van der Waals surface area contributed by atoms with Gasteiger partial charge in [-0.1, -0.05) is 18.6 Å². The van der Waals surface area contributed by atoms with Crippen LogP contribution in [-0.4, -0.2) is 48.9 Å². The van der Waals surface area contributed by atoms with Gasteiger partial charge in [0, 0.05) is 30.1 Å². The van der Waals surface area contributed by atoms with Crippen molar-refractivity contribution in [1.29, 1.82) is 0 Å². The average molecular weight is 343 g/mol. The van der Waals surface area contributed by atoms with Crippen molar-refractivity contribution in [3.63, 3.8) is 0 Å². The Morgan fingerprint density at radius 3 is 2.62 bits per heavy atom. The molecule has 0 aliphatic carbocycles. The summed E-state index contributed by atoms with van der Waals surface area (Å²) >= 11 is 1.75. The van der Waals surface area contributed by atoms with Crippen LogP contribution in [0.1, 0.15) is 34.5 Å². The van der Waals surface area contributed by atoms with Crippen molar-refractivity contribution in [3.8, 4) is 11.1 Å². The van der Waals surface area contributed by atoms with Gasteiger partial charge in [0.15, 0.2) is 0 Å². The maximum atomic E-state index is 12.7. The summed E-state index contributed by atoms with van der Waals surface area (Å²) in [5.41, 5.74) is 3.17. The molecule has 0 saturated carbocycles. The fourth-order valence-electron chi connectivity index (χ4n) is 3.39. The van der Waals surface area contributed by atoms with E-state index in [1.807, 2.05) is 24.1 Å². The third-order valence-electron chi connectivity index (χ3n) is 4.95. The molecule has 1 aromatic heterocycles. The standard InChI is InChI=1S/C20H26N2OS/c1-15-12-18(14-24-15)16-7-9-17(10-8-16)20(23)22(3)13-19-6-4-5-11-21(19)2/h7-10,12,14,19H,4-6,11,13H2,1-3H3/t19-/m0/s1. The highest BCUT2D eigenvalue weighted by Gasteiger charge is 2.22. The van der Waals surface area contributed by atoms with Crippen molar-refractivity contribution in [3.05, 3.63) is 46.2 Å². The molecule has 1 atom stereocenters. The lowest BCUT2D eigenvalue weighted by Crippen LogP contribution is -2.45. The molecule has 1 aliphatic heterocycles. The number of benzene rings is 1. The minimum Gasteiger partial charge on any atom is -0.340 e. The van der Waals surface area contributed by atoms with E-state index in [2.05, 4.69) is 42.5 Å². The zero-order valence-electron chi connectivity index (χ0n) is 14.8. The van der Waals surface area contributed by atoms with Crippen molar-refractivity contribution in [2.24, 2.45) is 0 Å². The highest BCUT2D eigenvalue weighted by molar-refractivity contribution is 7.10. The first-order valence-electron chi connectivity index (χ1n) is 8.66. The van der Waals surface area contributed by atoms with Crippen molar-refractivity contribution in [2.45, 2.75) is 32.2 Å². The second-order valence-corrected chi connectivity index (χ2v) is 7.95. The minimum absolute atomic E-state index is 0.113. The fourth-order valence-corrected chi connectivity index (χ4v) is 4.11. The quantitative estimate of drug-likeness (QED) is 0.828. The number of rotatable bonds is 4. The highest BCUT2D eigenvalue weighted by Crippen LogP contribution is 2.25. The normalized spacial score (nSPS) is 18.5. The van der Waals surface area contributed by atoms with E-state index >= 15 is 0 Å². The maximum Gasteiger partial charge on any atom is 0.253 e. The second-order valence-electron chi connectivity index (χ2n) is 6.84. The number of carbonyl (C=O) groups excluding carboxylic acids is 1. The van der Waals surface area contributed by atoms with Crippen molar-refractivity contribution in [1.82, 2.24) is 9.80 Å². The molecule has 4 heteroatoms. The summed E-state index contributed by atoms with van der Waals surface area (Å²) in [5, 5.41) is 2.16. The Morgan fingerprint density at radius 1 is 1.25 bits per heavy atom. The Bertz CT molecular complexity index is 692. The number of likely N-dealkylation sites (tertiary alicyclic amines) is 1. The topological polar surface area (TPSA) is 23.6 Å². The molecule has 128 valence electrons. The molecule has 3 rings (SSSR count). The Morgan fingerprint density at radius 2 is 2.00 bits per heavy atom. The summed E-state index contributed by atoms with van der Waals surface area (Å²) in [6.07, 6.45) is 3.73. The number of amides is 1. The molecular formula is C20H26N2OS. The molecule has 0 N–H and O–H groups in total. The van der Waals surface area contributed by atoms with E-state index in [1.54, 1.807) is 11.3 Å². The van der Waals surface area contributed by atoms with Gasteiger partial charge in [0.25, 0.3) is 5.91 Å². The first kappa shape index (κ1) is 17.2. The van der Waals surface area contributed by atoms with Gasteiger partial charge >= 0.3 is 0 Å². The molecule has 1 fully saturated rings. The molecule has 0 spiro atoms. The number of nitrogens with zero attached hydrogens (tertiary/aromatic N) is 2. The van der Waals surface area contributed by atoms with Crippen molar-refractivity contribution in [2.75, 3.05) is 27.2 Å². The number of piperidine rings is 1. The monoisotopic (exact) mass is 342 g/mol. The lowest BCUT2D eigenvalue weighted by molar-refractivity contribution is 0.0717. The average Bonchev–Trinajstić information content (AvgIpc) is 3.03. The summed E-state index contributed by atoms with van der Waals surface area (Å²) in [5.74, 6) is 0.113. The molecule has 24 heavy (non-hydrogen) atoms. The minimum atomic E-state index is 0.113. The van der Waals surface area contributed by atoms with Crippen LogP contribution in [0.25, 0.3) is 11.1 Å². The summed E-state index contributed by atoms with van der Waals surface area (Å²) < 4.78 is 0. The summed E-state index contributed by atoms with van der Waals surface area (Å²) in [7, 11) is 4.08. The van der Waals surface area contributed by atoms with Gasteiger partial charge in [-0.05, 0) is 68.1 Å². The summed E-state index contributed by atoms with van der Waals surface area (Å²) in [4.78, 5) is 18.2. The highest BCUT2D eigenvalue weighted by atomic mass is 32.1. The van der Waals surface area contributed by atoms with Gasteiger partial charge in [0.1, 0.15) is 0 Å². The summed E-state index contributed by atoms with van der Waals surface area (Å²) in [6, 6.07) is 10.7. The lowest BCUT2D eigenvalue weighted by Gasteiger charge is -2.35. The van der Waals surface area contributed by atoms with E-state index in [1.165, 1.54) is 35.3 Å². The van der Waals surface area contributed by atoms with Crippen LogP contribution in [0, 0.1) is 6.92 Å². The lowest BCUT2D eigenvalue weighted by atomic mass is 10.0. The van der Waals surface area contributed by atoms with Crippen LogP contribution >= 0.6 is 11.3 Å². The molecule has 2 aromatic rings. The number of likely N-dealkylation sites (N-methyl/N-ethyl adjacent to an activating group) is 2. The number of hydrogen-bond acceptors (Lipinski definition) is 3. The SMILES string of the molecule is Cc1cc(-c2ccc(C(=O)N(C)C[C@@H]3CCCCN3C)cc2)cs1. The molecule has 0 bridgehead atoms. The van der Waals surface area contributed by atoms with E-state index in [4.69, 9.17) is 0 Å². The van der Waals surface area contributed by atoms with Crippen LogP contribution < -0.4 is 0 Å². The van der Waals surface area contributed by atoms with Gasteiger partial charge in [-0.25, -0.2) is 0 Å². The Labute approximate surface area is 148 Å². The third kappa shape index (κ3) is 3.87. The maximum absolute atomic E-state index is 12.7. The van der Waals surface area contributed by atoms with Crippen LogP contribution in [0.5, 0.6) is 0 Å². The molecule has 0 radical (unpaired) electrons. The predicted molar refractivity (Wildman–Crippen MR) is 102 cm³/mol. The number of carbonyl (C=O) groups is 1. The van der Waals surface area contributed by atoms with E-state index < -0.39 is 0 Å². The molecule has 3 nitrogen and oxygen atoms in total. The van der Waals surface area contributed by atoms with Crippen LogP contribution in [0.15, 0.2) is 35.7 Å². The predicted octanol–water partition coefficient (Wildman–Crippen LogP) is 4.28. The van der Waals surface area contributed by atoms with Crippen LogP contribution in [0.4, 0.5) is 0 Å².